The number of hydrazone groups is 1. The van der Waals surface area contributed by atoms with Crippen LogP contribution >= 0.6 is 23.4 Å². The summed E-state index contributed by atoms with van der Waals surface area (Å²) in [6.45, 7) is 0. The fourth-order valence-electron chi connectivity index (χ4n) is 3.30. The van der Waals surface area contributed by atoms with Crippen LogP contribution in [0.25, 0.3) is 16.6 Å². The maximum Gasteiger partial charge on any atom is 0.266 e. The monoisotopic (exact) mass is 508 g/mol. The molecule has 3 aromatic carbocycles. The number of nitrogens with one attached hydrogen (secondary N) is 1. The van der Waals surface area contributed by atoms with E-state index in [1.54, 1.807) is 74.9 Å². The average Bonchev–Trinajstić information content (AvgIpc) is 2.88. The number of halogens is 1. The summed E-state index contributed by atoms with van der Waals surface area (Å²) in [6.07, 6.45) is 1.47. The topological polar surface area (TPSA) is 94.8 Å². The number of para-hydroxylation sites is 1. The molecule has 1 N–H and O–H groups in total. The molecule has 1 aromatic heterocycles. The Morgan fingerprint density at radius 2 is 1.89 bits per heavy atom. The molecule has 35 heavy (non-hydrogen) atoms. The lowest BCUT2D eigenvalue weighted by Crippen LogP contribution is -2.24. The molecule has 0 spiro atoms. The summed E-state index contributed by atoms with van der Waals surface area (Å²) in [5.74, 6) is 0.852. The number of methoxy groups -OCH3 is 2. The second-order valence-electron chi connectivity index (χ2n) is 7.22. The zero-order chi connectivity index (χ0) is 24.8. The minimum absolute atomic E-state index is 0.00897. The van der Waals surface area contributed by atoms with Crippen molar-refractivity contribution >= 4 is 46.4 Å². The predicted octanol–water partition coefficient (Wildman–Crippen LogP) is 4.30. The first-order valence-electron chi connectivity index (χ1n) is 10.4. The standard InChI is InChI=1S/C25H21ClN4O4S/c1-33-19-11-12-22(34-2)16(13-19)14-27-29-23(31)15-35-25-28-21-6-4-3-5-20(21)24(32)30(25)18-9-7-17(26)8-10-18/h3-14H,15H2,1-2H3,(H,29,31)/b27-14-. The van der Waals surface area contributed by atoms with Crippen molar-refractivity contribution in [3.63, 3.8) is 0 Å². The van der Waals surface area contributed by atoms with E-state index in [0.29, 0.717) is 43.8 Å². The number of thioether (sulfide) groups is 1. The van der Waals surface area contributed by atoms with E-state index in [1.165, 1.54) is 10.8 Å². The first-order chi connectivity index (χ1) is 17.0. The summed E-state index contributed by atoms with van der Waals surface area (Å²) in [5, 5.41) is 5.43. The third-order valence-electron chi connectivity index (χ3n) is 4.99. The van der Waals surface area contributed by atoms with Crippen LogP contribution in [0.2, 0.25) is 5.02 Å². The van der Waals surface area contributed by atoms with E-state index < -0.39 is 0 Å². The number of rotatable bonds is 8. The van der Waals surface area contributed by atoms with Crippen molar-refractivity contribution in [1.82, 2.24) is 15.0 Å². The van der Waals surface area contributed by atoms with Crippen LogP contribution in [-0.2, 0) is 4.79 Å². The summed E-state index contributed by atoms with van der Waals surface area (Å²) >= 11 is 7.15. The molecule has 0 bridgehead atoms. The Hall–Kier alpha value is -3.82. The normalized spacial score (nSPS) is 11.1. The Morgan fingerprint density at radius 1 is 1.11 bits per heavy atom. The lowest BCUT2D eigenvalue weighted by Gasteiger charge is -2.13. The Morgan fingerprint density at radius 3 is 2.63 bits per heavy atom. The van der Waals surface area contributed by atoms with E-state index in [0.717, 1.165) is 11.8 Å². The molecule has 0 radical (unpaired) electrons. The third kappa shape index (κ3) is 5.64. The highest BCUT2D eigenvalue weighted by Gasteiger charge is 2.15. The van der Waals surface area contributed by atoms with Gasteiger partial charge in [0.1, 0.15) is 11.5 Å². The minimum atomic E-state index is -0.363. The maximum absolute atomic E-state index is 13.3. The molecule has 178 valence electrons. The van der Waals surface area contributed by atoms with Gasteiger partial charge in [-0.05, 0) is 54.6 Å². The summed E-state index contributed by atoms with van der Waals surface area (Å²) in [4.78, 5) is 30.4. The lowest BCUT2D eigenvalue weighted by atomic mass is 10.2. The molecular formula is C25H21ClN4O4S. The SMILES string of the molecule is COc1ccc(OC)c(/C=N\NC(=O)CSc2nc3ccccc3c(=O)n2-c2ccc(Cl)cc2)c1. The van der Waals surface area contributed by atoms with Crippen LogP contribution in [0.5, 0.6) is 11.5 Å². The smallest absolute Gasteiger partial charge is 0.266 e. The van der Waals surface area contributed by atoms with Gasteiger partial charge < -0.3 is 9.47 Å². The summed E-state index contributed by atoms with van der Waals surface area (Å²) in [5.41, 5.74) is 4.05. The van der Waals surface area contributed by atoms with Crippen molar-refractivity contribution in [1.29, 1.82) is 0 Å². The number of aromatic nitrogens is 2. The van der Waals surface area contributed by atoms with E-state index in [4.69, 9.17) is 21.1 Å². The van der Waals surface area contributed by atoms with Crippen LogP contribution in [0.3, 0.4) is 0 Å². The molecule has 0 fully saturated rings. The van der Waals surface area contributed by atoms with Crippen molar-refractivity contribution in [2.24, 2.45) is 5.10 Å². The Kier molecular flexibility index (Phi) is 7.69. The van der Waals surface area contributed by atoms with Crippen molar-refractivity contribution in [2.75, 3.05) is 20.0 Å². The van der Waals surface area contributed by atoms with Crippen LogP contribution in [0.15, 0.2) is 81.8 Å². The van der Waals surface area contributed by atoms with E-state index in [1.807, 2.05) is 6.07 Å². The highest BCUT2D eigenvalue weighted by atomic mass is 35.5. The van der Waals surface area contributed by atoms with E-state index in [-0.39, 0.29) is 17.2 Å². The fraction of sp³-hybridized carbons (Fsp3) is 0.120. The number of carbonyl (C=O) groups excluding carboxylic acids is 1. The van der Waals surface area contributed by atoms with Gasteiger partial charge in [0.05, 0.1) is 42.8 Å². The molecule has 4 aromatic rings. The van der Waals surface area contributed by atoms with Gasteiger partial charge in [0, 0.05) is 10.6 Å². The molecule has 10 heteroatoms. The van der Waals surface area contributed by atoms with Gasteiger partial charge in [-0.3, -0.25) is 14.2 Å². The molecule has 1 heterocycles. The van der Waals surface area contributed by atoms with Gasteiger partial charge in [-0.15, -0.1) is 0 Å². The van der Waals surface area contributed by atoms with E-state index >= 15 is 0 Å². The first kappa shape index (κ1) is 24.3. The van der Waals surface area contributed by atoms with Gasteiger partial charge in [-0.1, -0.05) is 35.5 Å². The third-order valence-corrected chi connectivity index (χ3v) is 6.18. The van der Waals surface area contributed by atoms with Crippen molar-refractivity contribution in [3.05, 3.63) is 87.7 Å². The number of benzene rings is 3. The number of hydrogen-bond acceptors (Lipinski definition) is 7. The molecule has 0 aliphatic rings. The minimum Gasteiger partial charge on any atom is -0.497 e. The van der Waals surface area contributed by atoms with Gasteiger partial charge in [-0.2, -0.15) is 5.10 Å². The number of carbonyl (C=O) groups is 1. The Labute approximate surface area is 210 Å². The average molecular weight is 509 g/mol. The lowest BCUT2D eigenvalue weighted by molar-refractivity contribution is -0.118. The quantitative estimate of drug-likeness (QED) is 0.165. The Bertz CT molecular complexity index is 1450. The van der Waals surface area contributed by atoms with Crippen LogP contribution in [0, 0.1) is 0 Å². The molecule has 0 aliphatic carbocycles. The highest BCUT2D eigenvalue weighted by molar-refractivity contribution is 7.99. The van der Waals surface area contributed by atoms with Crippen LogP contribution in [0.1, 0.15) is 5.56 Å². The number of hydrogen-bond donors (Lipinski definition) is 1. The fourth-order valence-corrected chi connectivity index (χ4v) is 4.23. The first-order valence-corrected chi connectivity index (χ1v) is 11.8. The van der Waals surface area contributed by atoms with Gasteiger partial charge in [0.2, 0.25) is 0 Å². The number of nitrogens with zero attached hydrogens (tertiary/aromatic N) is 3. The number of amides is 1. The van der Waals surface area contributed by atoms with Crippen LogP contribution < -0.4 is 20.5 Å². The zero-order valence-corrected chi connectivity index (χ0v) is 20.5. The molecule has 4 rings (SSSR count). The molecule has 1 amide bonds. The number of ether oxygens (including phenoxy) is 2. The van der Waals surface area contributed by atoms with Gasteiger partial charge >= 0.3 is 0 Å². The zero-order valence-electron chi connectivity index (χ0n) is 18.9. The van der Waals surface area contributed by atoms with Crippen molar-refractivity contribution < 1.29 is 14.3 Å². The van der Waals surface area contributed by atoms with E-state index in [9.17, 15) is 9.59 Å². The molecular weight excluding hydrogens is 488 g/mol. The second-order valence-corrected chi connectivity index (χ2v) is 8.60. The molecule has 0 atom stereocenters. The summed E-state index contributed by atoms with van der Waals surface area (Å²) in [6, 6.07) is 19.2. The molecule has 0 unspecified atom stereocenters. The molecule has 8 nitrogen and oxygen atoms in total. The summed E-state index contributed by atoms with van der Waals surface area (Å²) < 4.78 is 12.0. The van der Waals surface area contributed by atoms with Crippen LogP contribution in [0.4, 0.5) is 0 Å². The van der Waals surface area contributed by atoms with Crippen LogP contribution in [-0.4, -0.2) is 41.6 Å². The van der Waals surface area contributed by atoms with Gasteiger partial charge in [0.25, 0.3) is 11.5 Å². The van der Waals surface area contributed by atoms with Gasteiger partial charge in [-0.25, -0.2) is 10.4 Å². The van der Waals surface area contributed by atoms with Gasteiger partial charge in [0.15, 0.2) is 5.16 Å². The largest absolute Gasteiger partial charge is 0.497 e. The van der Waals surface area contributed by atoms with Crippen molar-refractivity contribution in [3.8, 4) is 17.2 Å². The van der Waals surface area contributed by atoms with E-state index in [2.05, 4.69) is 15.5 Å². The molecule has 0 aliphatic heterocycles. The predicted molar refractivity (Wildman–Crippen MR) is 138 cm³/mol. The number of fused-ring (bicyclic) bond motifs is 1. The molecule has 0 saturated heterocycles. The van der Waals surface area contributed by atoms with Crippen molar-refractivity contribution in [2.45, 2.75) is 5.16 Å². The summed E-state index contributed by atoms with van der Waals surface area (Å²) in [7, 11) is 3.11. The second kappa shape index (κ2) is 11.1. The Balaban J connectivity index is 1.54. The maximum atomic E-state index is 13.3. The molecule has 0 saturated carbocycles. The highest BCUT2D eigenvalue weighted by Crippen LogP contribution is 2.23.